The third-order valence-electron chi connectivity index (χ3n) is 3.54. The van der Waals surface area contributed by atoms with Gasteiger partial charge < -0.3 is 9.72 Å². The van der Waals surface area contributed by atoms with Gasteiger partial charge in [0.2, 0.25) is 0 Å². The van der Waals surface area contributed by atoms with Crippen LogP contribution in [0.25, 0.3) is 33.8 Å². The van der Waals surface area contributed by atoms with Crippen LogP contribution in [0.2, 0.25) is 0 Å². The molecule has 0 radical (unpaired) electrons. The van der Waals surface area contributed by atoms with Gasteiger partial charge in [-0.15, -0.1) is 0 Å². The lowest BCUT2D eigenvalue weighted by molar-refractivity contribution is 0.413. The summed E-state index contributed by atoms with van der Waals surface area (Å²) < 4.78 is 5.21. The lowest BCUT2D eigenvalue weighted by Crippen LogP contribution is -1.92. The van der Waals surface area contributed by atoms with Crippen molar-refractivity contribution in [3.05, 3.63) is 55.1 Å². The van der Waals surface area contributed by atoms with E-state index < -0.39 is 0 Å². The Morgan fingerprint density at radius 1 is 1.00 bits per heavy atom. The molecule has 0 aliphatic rings. The van der Waals surface area contributed by atoms with Crippen molar-refractivity contribution in [3.63, 3.8) is 0 Å². The molecule has 3 heterocycles. The van der Waals surface area contributed by atoms with Crippen LogP contribution in [0.15, 0.2) is 55.1 Å². The van der Waals surface area contributed by atoms with Gasteiger partial charge in [0.15, 0.2) is 5.82 Å². The summed E-state index contributed by atoms with van der Waals surface area (Å²) in [4.78, 5) is 20.6. The van der Waals surface area contributed by atoms with Gasteiger partial charge in [0, 0.05) is 11.8 Å². The first-order valence-corrected chi connectivity index (χ1v) is 7.10. The normalized spacial score (nSPS) is 10.8. The highest BCUT2D eigenvalue weighted by Gasteiger charge is 2.09. The number of hydrogen-bond donors (Lipinski definition) is 1. The third kappa shape index (κ3) is 2.50. The maximum absolute atomic E-state index is 5.21. The first kappa shape index (κ1) is 13.4. The van der Waals surface area contributed by atoms with E-state index in [-0.39, 0.29) is 0 Å². The van der Waals surface area contributed by atoms with E-state index in [1.54, 1.807) is 19.5 Å². The summed E-state index contributed by atoms with van der Waals surface area (Å²) in [6, 6.07) is 11.6. The molecule has 0 amide bonds. The molecule has 23 heavy (non-hydrogen) atoms. The third-order valence-corrected chi connectivity index (χ3v) is 3.54. The van der Waals surface area contributed by atoms with E-state index in [9.17, 15) is 0 Å². The van der Waals surface area contributed by atoms with Crippen LogP contribution in [-0.4, -0.2) is 32.0 Å². The number of ether oxygens (including phenoxy) is 1. The minimum Gasteiger partial charge on any atom is -0.495 e. The van der Waals surface area contributed by atoms with Crippen molar-refractivity contribution in [2.75, 3.05) is 7.11 Å². The highest BCUT2D eigenvalue weighted by atomic mass is 16.5. The van der Waals surface area contributed by atoms with Crippen LogP contribution >= 0.6 is 0 Å². The number of hydrogen-bond acceptors (Lipinski definition) is 5. The van der Waals surface area contributed by atoms with Crippen molar-refractivity contribution in [1.82, 2.24) is 24.9 Å². The number of H-pyrrole nitrogens is 1. The molecule has 0 saturated heterocycles. The Morgan fingerprint density at radius 3 is 2.74 bits per heavy atom. The van der Waals surface area contributed by atoms with Crippen LogP contribution in [0.5, 0.6) is 5.75 Å². The van der Waals surface area contributed by atoms with Crippen molar-refractivity contribution in [2.45, 2.75) is 0 Å². The number of nitrogens with zero attached hydrogens (tertiary/aromatic N) is 4. The average Bonchev–Trinajstić information content (AvgIpc) is 3.06. The molecular weight excluding hydrogens is 290 g/mol. The van der Waals surface area contributed by atoms with Gasteiger partial charge in [-0.2, -0.15) is 0 Å². The van der Waals surface area contributed by atoms with E-state index in [1.165, 1.54) is 6.33 Å². The predicted molar refractivity (Wildman–Crippen MR) is 86.9 cm³/mol. The average molecular weight is 303 g/mol. The number of methoxy groups -OCH3 is 1. The molecule has 1 N–H and O–H groups in total. The number of rotatable bonds is 3. The molecule has 0 atom stereocenters. The number of fused-ring (bicyclic) bond motifs is 1. The molecule has 3 aromatic heterocycles. The van der Waals surface area contributed by atoms with Crippen molar-refractivity contribution in [3.8, 4) is 28.5 Å². The fraction of sp³-hybridized carbons (Fsp3) is 0.0588. The zero-order chi connectivity index (χ0) is 15.6. The molecule has 4 aromatic rings. The molecule has 0 saturated carbocycles. The number of benzene rings is 1. The Labute approximate surface area is 132 Å². The van der Waals surface area contributed by atoms with Crippen LogP contribution in [0, 0.1) is 0 Å². The molecule has 0 aliphatic carbocycles. The zero-order valence-corrected chi connectivity index (χ0v) is 12.4. The molecular formula is C17H13N5O. The molecule has 6 heteroatoms. The Bertz CT molecular complexity index is 946. The van der Waals surface area contributed by atoms with E-state index in [0.717, 1.165) is 28.0 Å². The summed E-state index contributed by atoms with van der Waals surface area (Å²) in [7, 11) is 1.61. The van der Waals surface area contributed by atoms with E-state index >= 15 is 0 Å². The van der Waals surface area contributed by atoms with Gasteiger partial charge in [-0.3, -0.25) is 4.98 Å². The molecule has 0 bridgehead atoms. The fourth-order valence-electron chi connectivity index (χ4n) is 2.39. The minimum atomic E-state index is 0.686. The first-order chi connectivity index (χ1) is 11.3. The van der Waals surface area contributed by atoms with Crippen molar-refractivity contribution in [1.29, 1.82) is 0 Å². The maximum Gasteiger partial charge on any atom is 0.157 e. The SMILES string of the molecule is COc1cncc(-c2cc(-c3nc4ccccc4[nH]3)ncn2)c1. The number of aromatic nitrogens is 5. The molecule has 0 fully saturated rings. The van der Waals surface area contributed by atoms with Gasteiger partial charge in [-0.1, -0.05) is 12.1 Å². The highest BCUT2D eigenvalue weighted by Crippen LogP contribution is 2.24. The van der Waals surface area contributed by atoms with E-state index in [2.05, 4.69) is 24.9 Å². The van der Waals surface area contributed by atoms with Crippen molar-refractivity contribution in [2.24, 2.45) is 0 Å². The Balaban J connectivity index is 1.78. The maximum atomic E-state index is 5.21. The zero-order valence-electron chi connectivity index (χ0n) is 12.4. The van der Waals surface area contributed by atoms with Crippen LogP contribution < -0.4 is 4.74 Å². The topological polar surface area (TPSA) is 76.6 Å². The molecule has 112 valence electrons. The molecule has 0 unspecified atom stereocenters. The van der Waals surface area contributed by atoms with Gasteiger partial charge >= 0.3 is 0 Å². The summed E-state index contributed by atoms with van der Waals surface area (Å²) in [5.74, 6) is 1.40. The smallest absolute Gasteiger partial charge is 0.157 e. The quantitative estimate of drug-likeness (QED) is 0.629. The number of pyridine rings is 1. The monoisotopic (exact) mass is 303 g/mol. The fourth-order valence-corrected chi connectivity index (χ4v) is 2.39. The number of aromatic amines is 1. The lowest BCUT2D eigenvalue weighted by atomic mass is 10.2. The Morgan fingerprint density at radius 2 is 1.87 bits per heavy atom. The van der Waals surface area contributed by atoms with E-state index in [0.29, 0.717) is 11.6 Å². The van der Waals surface area contributed by atoms with Gasteiger partial charge in [0.1, 0.15) is 17.8 Å². The number of imidazole rings is 1. The van der Waals surface area contributed by atoms with Crippen molar-refractivity contribution < 1.29 is 4.74 Å². The molecule has 0 aliphatic heterocycles. The summed E-state index contributed by atoms with van der Waals surface area (Å²) in [5.41, 5.74) is 4.25. The van der Waals surface area contributed by atoms with E-state index in [4.69, 9.17) is 4.74 Å². The molecule has 4 rings (SSSR count). The van der Waals surface area contributed by atoms with E-state index in [1.807, 2.05) is 36.4 Å². The number of nitrogens with one attached hydrogen (secondary N) is 1. The minimum absolute atomic E-state index is 0.686. The predicted octanol–water partition coefficient (Wildman–Crippen LogP) is 3.09. The molecule has 6 nitrogen and oxygen atoms in total. The van der Waals surface area contributed by atoms with Crippen LogP contribution in [0.4, 0.5) is 0 Å². The standard InChI is InChI=1S/C17H13N5O/c1-23-12-6-11(8-18-9-12)15-7-16(20-10-19-15)17-21-13-4-2-3-5-14(13)22-17/h2-10H,1H3,(H,21,22). The van der Waals surface area contributed by atoms with Crippen molar-refractivity contribution >= 4 is 11.0 Å². The summed E-state index contributed by atoms with van der Waals surface area (Å²) in [5, 5.41) is 0. The Kier molecular flexibility index (Phi) is 3.20. The van der Waals surface area contributed by atoms with Crippen LogP contribution in [0.1, 0.15) is 0 Å². The Hall–Kier alpha value is -3.28. The molecule has 1 aromatic carbocycles. The summed E-state index contributed by atoms with van der Waals surface area (Å²) in [6.45, 7) is 0. The summed E-state index contributed by atoms with van der Waals surface area (Å²) >= 11 is 0. The largest absolute Gasteiger partial charge is 0.495 e. The van der Waals surface area contributed by atoms with Gasteiger partial charge in [-0.25, -0.2) is 15.0 Å². The van der Waals surface area contributed by atoms with Gasteiger partial charge in [-0.05, 0) is 24.3 Å². The second kappa shape index (κ2) is 5.49. The molecule has 0 spiro atoms. The second-order valence-corrected chi connectivity index (χ2v) is 5.00. The lowest BCUT2D eigenvalue weighted by Gasteiger charge is -2.04. The van der Waals surface area contributed by atoms with Gasteiger partial charge in [0.25, 0.3) is 0 Å². The number of para-hydroxylation sites is 2. The summed E-state index contributed by atoms with van der Waals surface area (Å²) in [6.07, 6.45) is 4.93. The highest BCUT2D eigenvalue weighted by molar-refractivity contribution is 5.79. The second-order valence-electron chi connectivity index (χ2n) is 5.00. The first-order valence-electron chi connectivity index (χ1n) is 7.10. The van der Waals surface area contributed by atoms with Gasteiger partial charge in [0.05, 0.1) is 30.0 Å². The van der Waals surface area contributed by atoms with Crippen LogP contribution in [0.3, 0.4) is 0 Å². The van der Waals surface area contributed by atoms with Crippen LogP contribution in [-0.2, 0) is 0 Å².